The predicted molar refractivity (Wildman–Crippen MR) is 69.5 cm³/mol. The first kappa shape index (κ1) is 11.9. The number of anilines is 1. The maximum Gasteiger partial charge on any atom is 0.139 e. The topological polar surface area (TPSA) is 74.4 Å². The minimum absolute atomic E-state index is 0.0815. The van der Waals surface area contributed by atoms with Gasteiger partial charge in [0, 0.05) is 31.7 Å². The van der Waals surface area contributed by atoms with Gasteiger partial charge in [-0.25, -0.2) is 10.8 Å². The lowest BCUT2D eigenvalue weighted by atomic mass is 10.00. The molecule has 1 aliphatic carbocycles. The highest BCUT2D eigenvalue weighted by Crippen LogP contribution is 2.38. The molecule has 18 heavy (non-hydrogen) atoms. The number of likely N-dealkylation sites (tertiary alicyclic amines) is 1. The van der Waals surface area contributed by atoms with Crippen LogP contribution in [0.1, 0.15) is 18.4 Å². The summed E-state index contributed by atoms with van der Waals surface area (Å²) in [5, 5.41) is 9.89. The van der Waals surface area contributed by atoms with Gasteiger partial charge in [0.1, 0.15) is 5.82 Å². The minimum atomic E-state index is -0.0815. The largest absolute Gasteiger partial charge is 0.393 e. The van der Waals surface area contributed by atoms with Gasteiger partial charge >= 0.3 is 0 Å². The summed E-state index contributed by atoms with van der Waals surface area (Å²) in [6.07, 6.45) is 3.94. The summed E-state index contributed by atoms with van der Waals surface area (Å²) < 4.78 is 0. The van der Waals surface area contributed by atoms with E-state index in [1.165, 1.54) is 12.0 Å². The molecule has 3 unspecified atom stereocenters. The number of nitrogens with one attached hydrogen (secondary N) is 1. The molecule has 2 fully saturated rings. The number of nitrogen functional groups attached to an aromatic ring is 1. The van der Waals surface area contributed by atoms with E-state index < -0.39 is 0 Å². The Balaban J connectivity index is 1.60. The Labute approximate surface area is 107 Å². The van der Waals surface area contributed by atoms with Crippen LogP contribution in [0.2, 0.25) is 0 Å². The highest BCUT2D eigenvalue weighted by Gasteiger charge is 2.41. The number of hydrogen-bond acceptors (Lipinski definition) is 5. The first-order chi connectivity index (χ1) is 8.76. The Morgan fingerprint density at radius 1 is 1.39 bits per heavy atom. The molecule has 1 aromatic heterocycles. The Morgan fingerprint density at radius 2 is 2.28 bits per heavy atom. The Morgan fingerprint density at radius 3 is 2.94 bits per heavy atom. The second-order valence-corrected chi connectivity index (χ2v) is 5.46. The van der Waals surface area contributed by atoms with Crippen LogP contribution in [0.3, 0.4) is 0 Å². The van der Waals surface area contributed by atoms with E-state index >= 15 is 0 Å². The van der Waals surface area contributed by atoms with E-state index in [4.69, 9.17) is 5.84 Å². The second kappa shape index (κ2) is 4.84. The number of nitrogens with two attached hydrogens (primary N) is 1. The summed E-state index contributed by atoms with van der Waals surface area (Å²) in [7, 11) is 0. The molecule has 98 valence electrons. The van der Waals surface area contributed by atoms with Crippen molar-refractivity contribution in [2.75, 3.05) is 18.5 Å². The van der Waals surface area contributed by atoms with Crippen molar-refractivity contribution in [3.05, 3.63) is 23.9 Å². The fourth-order valence-corrected chi connectivity index (χ4v) is 3.32. The van der Waals surface area contributed by atoms with Crippen LogP contribution in [0.4, 0.5) is 5.82 Å². The lowest BCUT2D eigenvalue weighted by Crippen LogP contribution is -2.24. The van der Waals surface area contributed by atoms with Crippen LogP contribution >= 0.6 is 0 Å². The Kier molecular flexibility index (Phi) is 3.20. The molecule has 2 aliphatic rings. The third-order valence-corrected chi connectivity index (χ3v) is 4.27. The SMILES string of the molecule is NNc1ccc(CN2CC3CCC(O)C3C2)cn1. The second-order valence-electron chi connectivity index (χ2n) is 5.46. The van der Waals surface area contributed by atoms with Gasteiger partial charge in [-0.15, -0.1) is 0 Å². The number of aromatic nitrogens is 1. The maximum absolute atomic E-state index is 9.89. The monoisotopic (exact) mass is 248 g/mol. The van der Waals surface area contributed by atoms with Crippen molar-refractivity contribution >= 4 is 5.82 Å². The van der Waals surface area contributed by atoms with Crippen molar-refractivity contribution < 1.29 is 5.11 Å². The van der Waals surface area contributed by atoms with E-state index in [1.807, 2.05) is 18.3 Å². The minimum Gasteiger partial charge on any atom is -0.393 e. The van der Waals surface area contributed by atoms with E-state index in [2.05, 4.69) is 15.3 Å². The summed E-state index contributed by atoms with van der Waals surface area (Å²) in [4.78, 5) is 6.64. The molecule has 1 aliphatic heterocycles. The summed E-state index contributed by atoms with van der Waals surface area (Å²) in [5.41, 5.74) is 3.73. The molecule has 5 nitrogen and oxygen atoms in total. The zero-order valence-electron chi connectivity index (χ0n) is 10.4. The van der Waals surface area contributed by atoms with Gasteiger partial charge in [0.05, 0.1) is 6.10 Å². The fourth-order valence-electron chi connectivity index (χ4n) is 3.32. The molecule has 0 radical (unpaired) electrons. The number of nitrogens with zero attached hydrogens (tertiary/aromatic N) is 2. The van der Waals surface area contributed by atoms with Crippen LogP contribution in [0.25, 0.3) is 0 Å². The van der Waals surface area contributed by atoms with Crippen molar-refractivity contribution in [3.63, 3.8) is 0 Å². The number of pyridine rings is 1. The van der Waals surface area contributed by atoms with Gasteiger partial charge in [-0.1, -0.05) is 6.07 Å². The zero-order chi connectivity index (χ0) is 12.5. The van der Waals surface area contributed by atoms with E-state index in [9.17, 15) is 5.11 Å². The van der Waals surface area contributed by atoms with Crippen LogP contribution in [0, 0.1) is 11.8 Å². The molecule has 3 rings (SSSR count). The number of aliphatic hydroxyl groups excluding tert-OH is 1. The molecular formula is C13H20N4O. The lowest BCUT2D eigenvalue weighted by Gasteiger charge is -2.17. The van der Waals surface area contributed by atoms with E-state index in [1.54, 1.807) is 0 Å². The van der Waals surface area contributed by atoms with Crippen molar-refractivity contribution in [2.45, 2.75) is 25.5 Å². The van der Waals surface area contributed by atoms with Gasteiger partial charge in [-0.2, -0.15) is 0 Å². The van der Waals surface area contributed by atoms with E-state index in [0.717, 1.165) is 26.1 Å². The molecule has 3 atom stereocenters. The summed E-state index contributed by atoms with van der Waals surface area (Å²) in [6.45, 7) is 3.04. The van der Waals surface area contributed by atoms with Gasteiger partial charge in [0.2, 0.25) is 0 Å². The third kappa shape index (κ3) is 2.21. The first-order valence-corrected chi connectivity index (χ1v) is 6.58. The van der Waals surface area contributed by atoms with Gasteiger partial charge in [0.15, 0.2) is 0 Å². The van der Waals surface area contributed by atoms with E-state index in [-0.39, 0.29) is 6.10 Å². The number of hydrogen-bond donors (Lipinski definition) is 3. The lowest BCUT2D eigenvalue weighted by molar-refractivity contribution is 0.123. The van der Waals surface area contributed by atoms with Crippen molar-refractivity contribution in [3.8, 4) is 0 Å². The highest BCUT2D eigenvalue weighted by atomic mass is 16.3. The molecule has 2 heterocycles. The van der Waals surface area contributed by atoms with Crippen LogP contribution in [0.5, 0.6) is 0 Å². The molecule has 5 heteroatoms. The molecule has 0 spiro atoms. The number of hydrazine groups is 1. The fraction of sp³-hybridized carbons (Fsp3) is 0.615. The Bertz CT molecular complexity index is 408. The smallest absolute Gasteiger partial charge is 0.139 e. The van der Waals surface area contributed by atoms with Crippen LogP contribution in [-0.2, 0) is 6.54 Å². The van der Waals surface area contributed by atoms with Crippen molar-refractivity contribution in [1.29, 1.82) is 0 Å². The van der Waals surface area contributed by atoms with Gasteiger partial charge in [-0.3, -0.25) is 4.90 Å². The van der Waals surface area contributed by atoms with Crippen molar-refractivity contribution in [2.24, 2.45) is 17.7 Å². The predicted octanol–water partition coefficient (Wildman–Crippen LogP) is 0.570. The van der Waals surface area contributed by atoms with Crippen LogP contribution in [0.15, 0.2) is 18.3 Å². The van der Waals surface area contributed by atoms with Crippen LogP contribution in [-0.4, -0.2) is 34.2 Å². The number of aliphatic hydroxyl groups is 1. The molecule has 1 aromatic rings. The van der Waals surface area contributed by atoms with Gasteiger partial charge in [-0.05, 0) is 30.4 Å². The van der Waals surface area contributed by atoms with Gasteiger partial charge < -0.3 is 10.5 Å². The standard InChI is InChI=1S/C13H20N4O/c14-16-13-4-1-9(5-15-13)6-17-7-10-2-3-12(18)11(10)8-17/h1,4-5,10-12,18H,2-3,6-8,14H2,(H,15,16). The molecule has 4 N–H and O–H groups in total. The average Bonchev–Trinajstić information content (AvgIpc) is 2.93. The summed E-state index contributed by atoms with van der Waals surface area (Å²) in [5.74, 6) is 7.16. The van der Waals surface area contributed by atoms with E-state index in [0.29, 0.717) is 17.7 Å². The Hall–Kier alpha value is -1.17. The molecule has 0 bridgehead atoms. The summed E-state index contributed by atoms with van der Waals surface area (Å²) in [6, 6.07) is 3.94. The molecular weight excluding hydrogens is 228 g/mol. The van der Waals surface area contributed by atoms with Gasteiger partial charge in [0.25, 0.3) is 0 Å². The highest BCUT2D eigenvalue weighted by molar-refractivity contribution is 5.33. The normalized spacial score (nSPS) is 31.6. The zero-order valence-corrected chi connectivity index (χ0v) is 10.4. The molecule has 0 amide bonds. The maximum atomic E-state index is 9.89. The third-order valence-electron chi connectivity index (χ3n) is 4.27. The average molecular weight is 248 g/mol. The molecule has 1 saturated carbocycles. The number of rotatable bonds is 3. The van der Waals surface area contributed by atoms with Crippen molar-refractivity contribution in [1.82, 2.24) is 9.88 Å². The summed E-state index contributed by atoms with van der Waals surface area (Å²) >= 11 is 0. The first-order valence-electron chi connectivity index (χ1n) is 6.58. The number of fused-ring (bicyclic) bond motifs is 1. The van der Waals surface area contributed by atoms with Crippen LogP contribution < -0.4 is 11.3 Å². The molecule has 1 saturated heterocycles. The molecule has 0 aromatic carbocycles. The quantitative estimate of drug-likeness (QED) is 0.538.